The van der Waals surface area contributed by atoms with Gasteiger partial charge in [0.2, 0.25) is 5.91 Å². The Labute approximate surface area is 107 Å². The number of carbonyl (C=O) groups excluding carboxylic acids is 1. The van der Waals surface area contributed by atoms with Crippen LogP contribution >= 0.6 is 15.9 Å². The lowest BCUT2D eigenvalue weighted by Gasteiger charge is -2.31. The van der Waals surface area contributed by atoms with Crippen LogP contribution < -0.4 is 0 Å². The Morgan fingerprint density at radius 2 is 1.94 bits per heavy atom. The van der Waals surface area contributed by atoms with Gasteiger partial charge in [0, 0.05) is 23.8 Å². The van der Waals surface area contributed by atoms with Gasteiger partial charge in [-0.05, 0) is 44.4 Å². The molecular weight excluding hydrogens is 266 g/mol. The maximum atomic E-state index is 12.4. The van der Waals surface area contributed by atoms with Crippen LogP contribution in [0.4, 0.5) is 0 Å². The van der Waals surface area contributed by atoms with E-state index in [4.69, 9.17) is 0 Å². The smallest absolute Gasteiger partial charge is 0.225 e. The summed E-state index contributed by atoms with van der Waals surface area (Å²) >= 11 is 3.52. The van der Waals surface area contributed by atoms with Gasteiger partial charge in [-0.15, -0.1) is 0 Å². The average molecular weight is 288 g/mol. The van der Waals surface area contributed by atoms with E-state index < -0.39 is 0 Å². The van der Waals surface area contributed by atoms with Crippen LogP contribution in [0.3, 0.4) is 0 Å². The molecule has 1 aliphatic carbocycles. The van der Waals surface area contributed by atoms with Crippen molar-refractivity contribution in [3.8, 4) is 0 Å². The van der Waals surface area contributed by atoms with E-state index in [-0.39, 0.29) is 0 Å². The highest BCUT2D eigenvalue weighted by Gasteiger charge is 2.33. The van der Waals surface area contributed by atoms with E-state index in [9.17, 15) is 4.79 Å². The molecule has 2 aliphatic rings. The van der Waals surface area contributed by atoms with Gasteiger partial charge in [-0.1, -0.05) is 22.9 Å². The average Bonchev–Trinajstić information content (AvgIpc) is 2.77. The fourth-order valence-corrected chi connectivity index (χ4v) is 3.70. The van der Waals surface area contributed by atoms with Crippen LogP contribution in [0.1, 0.15) is 45.4 Å². The number of likely N-dealkylation sites (tertiary alicyclic amines) is 1. The van der Waals surface area contributed by atoms with Crippen molar-refractivity contribution in [2.24, 2.45) is 11.8 Å². The highest BCUT2D eigenvalue weighted by atomic mass is 79.9. The van der Waals surface area contributed by atoms with Gasteiger partial charge in [0.1, 0.15) is 0 Å². The van der Waals surface area contributed by atoms with E-state index in [1.54, 1.807) is 0 Å². The third-order valence-corrected chi connectivity index (χ3v) is 4.95. The Morgan fingerprint density at radius 3 is 2.56 bits per heavy atom. The van der Waals surface area contributed by atoms with Crippen molar-refractivity contribution in [2.75, 3.05) is 11.9 Å². The molecule has 0 aromatic carbocycles. The zero-order chi connectivity index (χ0) is 11.5. The number of carbonyl (C=O) groups is 1. The van der Waals surface area contributed by atoms with Crippen molar-refractivity contribution in [1.29, 1.82) is 0 Å². The molecule has 92 valence electrons. The molecule has 2 nitrogen and oxygen atoms in total. The Hall–Kier alpha value is -0.0500. The van der Waals surface area contributed by atoms with Gasteiger partial charge < -0.3 is 4.90 Å². The van der Waals surface area contributed by atoms with E-state index in [0.717, 1.165) is 30.6 Å². The third kappa shape index (κ3) is 2.61. The molecule has 1 unspecified atom stereocenters. The van der Waals surface area contributed by atoms with E-state index in [0.29, 0.717) is 17.9 Å². The summed E-state index contributed by atoms with van der Waals surface area (Å²) in [6.07, 6.45) is 7.08. The molecular formula is C13H22BrNO. The summed E-state index contributed by atoms with van der Waals surface area (Å²) in [7, 11) is 0. The summed E-state index contributed by atoms with van der Waals surface area (Å²) in [5, 5.41) is 0.946. The molecule has 3 heteroatoms. The maximum absolute atomic E-state index is 12.4. The van der Waals surface area contributed by atoms with Gasteiger partial charge in [0.05, 0.1) is 0 Å². The first-order valence-electron chi connectivity index (χ1n) is 6.58. The molecule has 0 N–H and O–H groups in total. The lowest BCUT2D eigenvalue weighted by Crippen LogP contribution is -2.41. The van der Waals surface area contributed by atoms with Crippen LogP contribution in [-0.2, 0) is 4.79 Å². The van der Waals surface area contributed by atoms with Gasteiger partial charge in [0.25, 0.3) is 0 Å². The number of alkyl halides is 1. The first-order valence-corrected chi connectivity index (χ1v) is 7.71. The lowest BCUT2D eigenvalue weighted by molar-refractivity contribution is -0.137. The van der Waals surface area contributed by atoms with E-state index in [1.807, 2.05) is 0 Å². The summed E-state index contributed by atoms with van der Waals surface area (Å²) in [5.41, 5.74) is 0. The van der Waals surface area contributed by atoms with Gasteiger partial charge in [-0.2, -0.15) is 0 Å². The molecule has 0 aromatic heterocycles. The first-order chi connectivity index (χ1) is 7.72. The number of hydrogen-bond acceptors (Lipinski definition) is 1. The molecule has 1 saturated heterocycles. The molecule has 2 fully saturated rings. The monoisotopic (exact) mass is 287 g/mol. The molecule has 1 aliphatic heterocycles. The zero-order valence-electron chi connectivity index (χ0n) is 10.1. The molecule has 0 radical (unpaired) electrons. The topological polar surface area (TPSA) is 20.3 Å². The minimum Gasteiger partial charge on any atom is -0.339 e. The van der Waals surface area contributed by atoms with Crippen LogP contribution in [0.2, 0.25) is 0 Å². The molecule has 2 rings (SSSR count). The van der Waals surface area contributed by atoms with Crippen LogP contribution in [0.25, 0.3) is 0 Å². The predicted molar refractivity (Wildman–Crippen MR) is 69.7 cm³/mol. The Morgan fingerprint density at radius 1 is 1.25 bits per heavy atom. The van der Waals surface area contributed by atoms with Crippen molar-refractivity contribution in [1.82, 2.24) is 4.90 Å². The van der Waals surface area contributed by atoms with E-state index in [1.165, 1.54) is 25.7 Å². The molecule has 0 bridgehead atoms. The van der Waals surface area contributed by atoms with E-state index in [2.05, 4.69) is 27.8 Å². The summed E-state index contributed by atoms with van der Waals surface area (Å²) in [6, 6.07) is 0.465. The largest absolute Gasteiger partial charge is 0.339 e. The summed E-state index contributed by atoms with van der Waals surface area (Å²) in [5.74, 6) is 1.60. The predicted octanol–water partition coefficient (Wildman–Crippen LogP) is 3.20. The number of nitrogens with zero attached hydrogens (tertiary/aromatic N) is 1. The number of amides is 1. The van der Waals surface area contributed by atoms with Crippen molar-refractivity contribution < 1.29 is 4.79 Å². The number of hydrogen-bond donors (Lipinski definition) is 0. The molecule has 1 saturated carbocycles. The number of rotatable bonds is 2. The standard InChI is InChI=1S/C13H22BrNO/c1-10-4-6-11(7-5-10)13(16)15-8-2-3-12(15)9-14/h10-12H,2-9H2,1H3. The molecule has 0 aromatic rings. The Bertz CT molecular complexity index is 248. The van der Waals surface area contributed by atoms with Crippen molar-refractivity contribution in [3.63, 3.8) is 0 Å². The second kappa shape index (κ2) is 5.52. The Kier molecular flexibility index (Phi) is 4.28. The van der Waals surface area contributed by atoms with Crippen LogP contribution in [0.15, 0.2) is 0 Å². The lowest BCUT2D eigenvalue weighted by atomic mass is 9.82. The minimum absolute atomic E-state index is 0.329. The van der Waals surface area contributed by atoms with Crippen molar-refractivity contribution >= 4 is 21.8 Å². The summed E-state index contributed by atoms with van der Waals surface area (Å²) in [4.78, 5) is 14.5. The second-order valence-electron chi connectivity index (χ2n) is 5.44. The summed E-state index contributed by atoms with van der Waals surface area (Å²) < 4.78 is 0. The zero-order valence-corrected chi connectivity index (χ0v) is 11.7. The van der Waals surface area contributed by atoms with Crippen LogP contribution in [0, 0.1) is 11.8 Å². The highest BCUT2D eigenvalue weighted by Crippen LogP contribution is 2.31. The molecule has 1 atom stereocenters. The maximum Gasteiger partial charge on any atom is 0.225 e. The normalized spacial score (nSPS) is 35.4. The Balaban J connectivity index is 1.91. The third-order valence-electron chi connectivity index (χ3n) is 4.20. The van der Waals surface area contributed by atoms with Crippen LogP contribution in [-0.4, -0.2) is 28.7 Å². The van der Waals surface area contributed by atoms with Gasteiger partial charge in [-0.3, -0.25) is 4.79 Å². The fourth-order valence-electron chi connectivity index (χ4n) is 3.03. The second-order valence-corrected chi connectivity index (χ2v) is 6.09. The minimum atomic E-state index is 0.329. The molecule has 0 spiro atoms. The van der Waals surface area contributed by atoms with Gasteiger partial charge in [0.15, 0.2) is 0 Å². The quantitative estimate of drug-likeness (QED) is 0.715. The highest BCUT2D eigenvalue weighted by molar-refractivity contribution is 9.09. The molecule has 16 heavy (non-hydrogen) atoms. The summed E-state index contributed by atoms with van der Waals surface area (Å²) in [6.45, 7) is 3.29. The van der Waals surface area contributed by atoms with Crippen LogP contribution in [0.5, 0.6) is 0 Å². The first kappa shape index (κ1) is 12.4. The van der Waals surface area contributed by atoms with E-state index >= 15 is 0 Å². The fraction of sp³-hybridized carbons (Fsp3) is 0.923. The van der Waals surface area contributed by atoms with Crippen molar-refractivity contribution in [3.05, 3.63) is 0 Å². The van der Waals surface area contributed by atoms with Gasteiger partial charge >= 0.3 is 0 Å². The van der Waals surface area contributed by atoms with Gasteiger partial charge in [-0.25, -0.2) is 0 Å². The van der Waals surface area contributed by atoms with Crippen molar-refractivity contribution in [2.45, 2.75) is 51.5 Å². The molecule has 1 amide bonds. The number of halogens is 1. The molecule has 1 heterocycles. The SMILES string of the molecule is CC1CCC(C(=O)N2CCCC2CBr)CC1.